The standard InChI is InChI=1S/C28H29N5O5S/c1-36-21-11-9-20(10-12-21)27(35)29-16-25-31-32-28(33(25)17-19-7-5-4-6-8-19)39-18-26(34)30-23-14-13-22(37-2)15-24(23)38-3/h4-15H,16-18H2,1-3H3,(H,29,35)(H,30,34). The Kier molecular flexibility index (Phi) is 9.41. The summed E-state index contributed by atoms with van der Waals surface area (Å²) >= 11 is 1.26. The average molecular weight is 548 g/mol. The lowest BCUT2D eigenvalue weighted by molar-refractivity contribution is -0.113. The van der Waals surface area contributed by atoms with Crippen LogP contribution in [0, 0.1) is 0 Å². The van der Waals surface area contributed by atoms with Gasteiger partial charge in [-0.05, 0) is 42.0 Å². The fraction of sp³-hybridized carbons (Fsp3) is 0.214. The number of benzene rings is 3. The van der Waals surface area contributed by atoms with Crippen LogP contribution in [0.4, 0.5) is 5.69 Å². The van der Waals surface area contributed by atoms with E-state index in [1.807, 2.05) is 34.9 Å². The molecule has 4 aromatic rings. The molecule has 0 fully saturated rings. The summed E-state index contributed by atoms with van der Waals surface area (Å²) in [5, 5.41) is 14.9. The van der Waals surface area contributed by atoms with Gasteiger partial charge in [-0.15, -0.1) is 10.2 Å². The molecule has 0 spiro atoms. The zero-order valence-electron chi connectivity index (χ0n) is 21.8. The topological polar surface area (TPSA) is 117 Å². The predicted octanol–water partition coefficient (Wildman–Crippen LogP) is 4.01. The van der Waals surface area contributed by atoms with Gasteiger partial charge in [0.2, 0.25) is 5.91 Å². The number of carbonyl (C=O) groups excluding carboxylic acids is 2. The Morgan fingerprint density at radius 1 is 0.872 bits per heavy atom. The molecule has 3 aromatic carbocycles. The number of hydrogen-bond donors (Lipinski definition) is 2. The predicted molar refractivity (Wildman–Crippen MR) is 149 cm³/mol. The van der Waals surface area contributed by atoms with Crippen LogP contribution in [0.15, 0.2) is 78.0 Å². The molecule has 0 bridgehead atoms. The third-order valence-electron chi connectivity index (χ3n) is 5.75. The first-order chi connectivity index (χ1) is 19.0. The minimum absolute atomic E-state index is 0.0975. The maximum atomic E-state index is 12.8. The Bertz CT molecular complexity index is 1410. The van der Waals surface area contributed by atoms with E-state index in [4.69, 9.17) is 14.2 Å². The number of ether oxygens (including phenoxy) is 3. The van der Waals surface area contributed by atoms with Crippen molar-refractivity contribution in [3.05, 3.63) is 89.7 Å². The van der Waals surface area contributed by atoms with Gasteiger partial charge in [0.1, 0.15) is 17.2 Å². The van der Waals surface area contributed by atoms with Gasteiger partial charge in [-0.2, -0.15) is 0 Å². The van der Waals surface area contributed by atoms with E-state index in [0.29, 0.717) is 46.0 Å². The van der Waals surface area contributed by atoms with E-state index in [2.05, 4.69) is 20.8 Å². The molecule has 39 heavy (non-hydrogen) atoms. The molecule has 11 heteroatoms. The van der Waals surface area contributed by atoms with Crippen LogP contribution in [-0.4, -0.2) is 53.7 Å². The van der Waals surface area contributed by atoms with Crippen LogP contribution in [0.5, 0.6) is 17.2 Å². The molecular weight excluding hydrogens is 518 g/mol. The molecule has 0 aliphatic rings. The average Bonchev–Trinajstić information content (AvgIpc) is 3.36. The van der Waals surface area contributed by atoms with Crippen molar-refractivity contribution in [2.45, 2.75) is 18.2 Å². The van der Waals surface area contributed by atoms with Gasteiger partial charge >= 0.3 is 0 Å². The van der Waals surface area contributed by atoms with Gasteiger partial charge in [-0.3, -0.25) is 9.59 Å². The van der Waals surface area contributed by atoms with E-state index < -0.39 is 0 Å². The Morgan fingerprint density at radius 3 is 2.28 bits per heavy atom. The third-order valence-corrected chi connectivity index (χ3v) is 6.72. The Morgan fingerprint density at radius 2 is 1.59 bits per heavy atom. The smallest absolute Gasteiger partial charge is 0.251 e. The summed E-state index contributed by atoms with van der Waals surface area (Å²) in [6, 6.07) is 21.9. The van der Waals surface area contributed by atoms with Gasteiger partial charge in [-0.25, -0.2) is 0 Å². The van der Waals surface area contributed by atoms with Gasteiger partial charge in [-0.1, -0.05) is 42.1 Å². The van der Waals surface area contributed by atoms with Crippen LogP contribution < -0.4 is 24.8 Å². The Hall–Kier alpha value is -4.51. The molecule has 2 amide bonds. The lowest BCUT2D eigenvalue weighted by Crippen LogP contribution is -2.25. The number of carbonyl (C=O) groups is 2. The van der Waals surface area contributed by atoms with Crippen molar-refractivity contribution < 1.29 is 23.8 Å². The van der Waals surface area contributed by atoms with Crippen LogP contribution in [0.1, 0.15) is 21.7 Å². The second-order valence-corrected chi connectivity index (χ2v) is 9.23. The molecule has 1 aromatic heterocycles. The van der Waals surface area contributed by atoms with Crippen LogP contribution >= 0.6 is 11.8 Å². The molecule has 1 heterocycles. The summed E-state index contributed by atoms with van der Waals surface area (Å²) < 4.78 is 17.6. The summed E-state index contributed by atoms with van der Waals surface area (Å²) in [5.74, 6) is 1.99. The van der Waals surface area contributed by atoms with Crippen molar-refractivity contribution in [1.82, 2.24) is 20.1 Å². The number of nitrogens with zero attached hydrogens (tertiary/aromatic N) is 3. The molecule has 0 saturated carbocycles. The van der Waals surface area contributed by atoms with Gasteiger partial charge < -0.3 is 29.4 Å². The number of hydrogen-bond acceptors (Lipinski definition) is 8. The molecule has 0 radical (unpaired) electrons. The van der Waals surface area contributed by atoms with E-state index in [1.54, 1.807) is 56.7 Å². The molecule has 10 nitrogen and oxygen atoms in total. The van der Waals surface area contributed by atoms with Crippen LogP contribution in [-0.2, 0) is 17.9 Å². The summed E-state index contributed by atoms with van der Waals surface area (Å²) in [6.45, 7) is 0.651. The fourth-order valence-electron chi connectivity index (χ4n) is 3.70. The fourth-order valence-corrected chi connectivity index (χ4v) is 4.46. The zero-order chi connectivity index (χ0) is 27.6. The second-order valence-electron chi connectivity index (χ2n) is 8.28. The first kappa shape index (κ1) is 27.5. The first-order valence-electron chi connectivity index (χ1n) is 12.0. The highest BCUT2D eigenvalue weighted by Gasteiger charge is 2.17. The minimum atomic E-state index is -0.242. The normalized spacial score (nSPS) is 10.5. The van der Waals surface area contributed by atoms with Gasteiger partial charge in [0.25, 0.3) is 5.91 Å². The summed E-state index contributed by atoms with van der Waals surface area (Å²) in [7, 11) is 4.66. The summed E-state index contributed by atoms with van der Waals surface area (Å²) in [4.78, 5) is 25.4. The quantitative estimate of drug-likeness (QED) is 0.256. The maximum absolute atomic E-state index is 12.8. The van der Waals surface area contributed by atoms with E-state index >= 15 is 0 Å². The monoisotopic (exact) mass is 547 g/mol. The van der Waals surface area contributed by atoms with Gasteiger partial charge in [0, 0.05) is 11.6 Å². The SMILES string of the molecule is COc1ccc(C(=O)NCc2nnc(SCC(=O)Nc3ccc(OC)cc3OC)n2Cc2ccccc2)cc1. The van der Waals surface area contributed by atoms with E-state index in [-0.39, 0.29) is 24.1 Å². The number of anilines is 1. The number of nitrogens with one attached hydrogen (secondary N) is 2. The number of rotatable bonds is 12. The Balaban J connectivity index is 1.45. The summed E-state index contributed by atoms with van der Waals surface area (Å²) in [6.07, 6.45) is 0. The second kappa shape index (κ2) is 13.3. The molecule has 4 rings (SSSR count). The highest BCUT2D eigenvalue weighted by atomic mass is 32.2. The molecule has 0 atom stereocenters. The molecule has 0 aliphatic heterocycles. The molecular formula is C28H29N5O5S. The van der Waals surface area contributed by atoms with Gasteiger partial charge in [0.05, 0.1) is 45.9 Å². The van der Waals surface area contributed by atoms with E-state index in [0.717, 1.165) is 5.56 Å². The van der Waals surface area contributed by atoms with Crippen LogP contribution in [0.25, 0.3) is 0 Å². The van der Waals surface area contributed by atoms with Crippen molar-refractivity contribution in [3.63, 3.8) is 0 Å². The van der Waals surface area contributed by atoms with E-state index in [1.165, 1.54) is 18.9 Å². The molecule has 202 valence electrons. The van der Waals surface area contributed by atoms with Crippen molar-refractivity contribution in [1.29, 1.82) is 0 Å². The van der Waals surface area contributed by atoms with Gasteiger partial charge in [0.15, 0.2) is 11.0 Å². The Labute approximate surface area is 230 Å². The molecule has 0 aliphatic carbocycles. The molecule has 0 unspecified atom stereocenters. The number of aromatic nitrogens is 3. The van der Waals surface area contributed by atoms with Crippen LogP contribution in [0.3, 0.4) is 0 Å². The molecule has 2 N–H and O–H groups in total. The lowest BCUT2D eigenvalue weighted by Gasteiger charge is -2.13. The van der Waals surface area contributed by atoms with Crippen molar-refractivity contribution in [2.75, 3.05) is 32.4 Å². The number of methoxy groups -OCH3 is 3. The van der Waals surface area contributed by atoms with Crippen molar-refractivity contribution >= 4 is 29.3 Å². The maximum Gasteiger partial charge on any atom is 0.251 e. The highest BCUT2D eigenvalue weighted by molar-refractivity contribution is 7.99. The first-order valence-corrected chi connectivity index (χ1v) is 13.0. The minimum Gasteiger partial charge on any atom is -0.497 e. The largest absolute Gasteiger partial charge is 0.497 e. The summed E-state index contributed by atoms with van der Waals surface area (Å²) in [5.41, 5.74) is 2.08. The van der Waals surface area contributed by atoms with Crippen molar-refractivity contribution in [3.8, 4) is 17.2 Å². The highest BCUT2D eigenvalue weighted by Crippen LogP contribution is 2.29. The zero-order valence-corrected chi connectivity index (χ0v) is 22.7. The number of thioether (sulfide) groups is 1. The number of amides is 2. The van der Waals surface area contributed by atoms with Crippen LogP contribution in [0.2, 0.25) is 0 Å². The molecule has 0 saturated heterocycles. The van der Waals surface area contributed by atoms with E-state index in [9.17, 15) is 9.59 Å². The lowest BCUT2D eigenvalue weighted by atomic mass is 10.2. The van der Waals surface area contributed by atoms with Crippen molar-refractivity contribution in [2.24, 2.45) is 0 Å². The third kappa shape index (κ3) is 7.29.